The number of amides is 1. The van der Waals surface area contributed by atoms with Crippen LogP contribution < -0.4 is 14.8 Å². The van der Waals surface area contributed by atoms with Gasteiger partial charge in [0, 0.05) is 18.3 Å². The molecular weight excluding hydrogens is 436 g/mol. The quantitative estimate of drug-likeness (QED) is 0.298. The standard InChI is InChI=1S/C25H30N4O3S/c1-6-14-29-24(18(4)32-20-11-9-10-19(15-20)31-5)27-28-25(29)33-16-23(30)26-22-13-8-7-12-21(22)17(2)3/h6-13,15,17-18H,1,14,16H2,2-5H3,(H,26,30). The lowest BCUT2D eigenvalue weighted by Gasteiger charge is -2.16. The fraction of sp³-hybridized carbons (Fsp3) is 0.320. The Morgan fingerprint density at radius 2 is 1.91 bits per heavy atom. The molecule has 0 radical (unpaired) electrons. The van der Waals surface area contributed by atoms with Gasteiger partial charge in [0.2, 0.25) is 5.91 Å². The zero-order valence-electron chi connectivity index (χ0n) is 19.4. The number of methoxy groups -OCH3 is 1. The van der Waals surface area contributed by atoms with Crippen molar-refractivity contribution in [3.05, 3.63) is 72.6 Å². The van der Waals surface area contributed by atoms with Gasteiger partial charge in [-0.3, -0.25) is 9.36 Å². The highest BCUT2D eigenvalue weighted by Crippen LogP contribution is 2.28. The maximum absolute atomic E-state index is 12.6. The summed E-state index contributed by atoms with van der Waals surface area (Å²) in [4.78, 5) is 12.6. The van der Waals surface area contributed by atoms with Gasteiger partial charge in [0.1, 0.15) is 11.5 Å². The monoisotopic (exact) mass is 466 g/mol. The van der Waals surface area contributed by atoms with Gasteiger partial charge < -0.3 is 14.8 Å². The minimum Gasteiger partial charge on any atom is -0.497 e. The summed E-state index contributed by atoms with van der Waals surface area (Å²) < 4.78 is 13.2. The van der Waals surface area contributed by atoms with E-state index in [1.165, 1.54) is 11.8 Å². The van der Waals surface area contributed by atoms with Crippen LogP contribution in [0.25, 0.3) is 0 Å². The second-order valence-electron chi connectivity index (χ2n) is 7.76. The van der Waals surface area contributed by atoms with E-state index >= 15 is 0 Å². The minimum atomic E-state index is -0.356. The van der Waals surface area contributed by atoms with Crippen LogP contribution in [0.2, 0.25) is 0 Å². The van der Waals surface area contributed by atoms with Crippen LogP contribution in [-0.2, 0) is 11.3 Å². The van der Waals surface area contributed by atoms with E-state index in [1.807, 2.05) is 60.0 Å². The Morgan fingerprint density at radius 3 is 2.64 bits per heavy atom. The molecule has 0 bridgehead atoms. The maximum Gasteiger partial charge on any atom is 0.234 e. The molecule has 0 aliphatic rings. The minimum absolute atomic E-state index is 0.0940. The van der Waals surface area contributed by atoms with Crippen LogP contribution in [0.3, 0.4) is 0 Å². The van der Waals surface area contributed by atoms with E-state index < -0.39 is 0 Å². The summed E-state index contributed by atoms with van der Waals surface area (Å²) in [6.45, 7) is 10.5. The van der Waals surface area contributed by atoms with Crippen molar-refractivity contribution in [3.63, 3.8) is 0 Å². The molecule has 2 aromatic carbocycles. The molecule has 1 amide bonds. The fourth-order valence-electron chi connectivity index (χ4n) is 3.37. The van der Waals surface area contributed by atoms with Crippen LogP contribution in [0.1, 0.15) is 44.2 Å². The first-order valence-corrected chi connectivity index (χ1v) is 11.8. The average molecular weight is 467 g/mol. The number of hydrogen-bond donors (Lipinski definition) is 1. The molecule has 1 N–H and O–H groups in total. The van der Waals surface area contributed by atoms with Crippen LogP contribution in [0.15, 0.2) is 66.3 Å². The van der Waals surface area contributed by atoms with Gasteiger partial charge in [-0.1, -0.05) is 56.0 Å². The molecule has 3 rings (SSSR count). The third-order valence-electron chi connectivity index (χ3n) is 4.96. The molecular formula is C25H30N4O3S. The predicted octanol–water partition coefficient (Wildman–Crippen LogP) is 5.47. The number of carbonyl (C=O) groups is 1. The van der Waals surface area contributed by atoms with Gasteiger partial charge in [-0.15, -0.1) is 16.8 Å². The van der Waals surface area contributed by atoms with Crippen molar-refractivity contribution in [2.75, 3.05) is 18.2 Å². The molecule has 1 heterocycles. The van der Waals surface area contributed by atoms with Gasteiger partial charge >= 0.3 is 0 Å². The second kappa shape index (κ2) is 11.6. The van der Waals surface area contributed by atoms with Crippen molar-refractivity contribution < 1.29 is 14.3 Å². The smallest absolute Gasteiger partial charge is 0.234 e. The summed E-state index contributed by atoms with van der Waals surface area (Å²) >= 11 is 1.33. The lowest BCUT2D eigenvalue weighted by molar-refractivity contribution is -0.113. The van der Waals surface area contributed by atoms with E-state index in [0.29, 0.717) is 34.9 Å². The molecule has 0 fully saturated rings. The van der Waals surface area contributed by atoms with Gasteiger partial charge in [-0.05, 0) is 36.6 Å². The Morgan fingerprint density at radius 1 is 1.15 bits per heavy atom. The number of nitrogens with one attached hydrogen (secondary N) is 1. The Bertz CT molecular complexity index is 1100. The molecule has 1 aromatic heterocycles. The van der Waals surface area contributed by atoms with E-state index in [0.717, 1.165) is 11.3 Å². The average Bonchev–Trinajstić information content (AvgIpc) is 3.21. The lowest BCUT2D eigenvalue weighted by Crippen LogP contribution is -2.16. The molecule has 33 heavy (non-hydrogen) atoms. The molecule has 8 heteroatoms. The van der Waals surface area contributed by atoms with E-state index in [2.05, 4.69) is 35.9 Å². The van der Waals surface area contributed by atoms with Crippen molar-refractivity contribution in [3.8, 4) is 11.5 Å². The first kappa shape index (κ1) is 24.4. The van der Waals surface area contributed by atoms with E-state index in [-0.39, 0.29) is 17.8 Å². The summed E-state index contributed by atoms with van der Waals surface area (Å²) in [5.41, 5.74) is 1.95. The van der Waals surface area contributed by atoms with Crippen LogP contribution in [-0.4, -0.2) is 33.5 Å². The van der Waals surface area contributed by atoms with Crippen molar-refractivity contribution in [1.82, 2.24) is 14.8 Å². The van der Waals surface area contributed by atoms with Crippen molar-refractivity contribution in [2.24, 2.45) is 0 Å². The molecule has 0 saturated carbocycles. The molecule has 174 valence electrons. The zero-order chi connectivity index (χ0) is 23.8. The first-order chi connectivity index (χ1) is 15.9. The lowest BCUT2D eigenvalue weighted by atomic mass is 10.0. The molecule has 0 saturated heterocycles. The normalized spacial score (nSPS) is 11.8. The number of allylic oxidation sites excluding steroid dienone is 1. The highest BCUT2D eigenvalue weighted by Gasteiger charge is 2.20. The SMILES string of the molecule is C=CCn1c(SCC(=O)Nc2ccccc2C(C)C)nnc1C(C)Oc1cccc(OC)c1. The molecule has 7 nitrogen and oxygen atoms in total. The topological polar surface area (TPSA) is 78.3 Å². The van der Waals surface area contributed by atoms with Crippen molar-refractivity contribution in [2.45, 2.75) is 44.5 Å². The van der Waals surface area contributed by atoms with Gasteiger partial charge in [0.15, 0.2) is 17.1 Å². The van der Waals surface area contributed by atoms with Gasteiger partial charge in [0.05, 0.1) is 12.9 Å². The van der Waals surface area contributed by atoms with E-state index in [9.17, 15) is 4.79 Å². The molecule has 0 aliphatic carbocycles. The number of anilines is 1. The highest BCUT2D eigenvalue weighted by molar-refractivity contribution is 7.99. The number of nitrogens with zero attached hydrogens (tertiary/aromatic N) is 3. The fourth-order valence-corrected chi connectivity index (χ4v) is 4.13. The number of carbonyl (C=O) groups excluding carboxylic acids is 1. The van der Waals surface area contributed by atoms with Crippen LogP contribution in [0.5, 0.6) is 11.5 Å². The van der Waals surface area contributed by atoms with Gasteiger partial charge in [-0.25, -0.2) is 0 Å². The summed E-state index contributed by atoms with van der Waals surface area (Å²) in [7, 11) is 1.62. The second-order valence-corrected chi connectivity index (χ2v) is 8.70. The maximum atomic E-state index is 12.6. The third kappa shape index (κ3) is 6.38. The molecule has 1 unspecified atom stereocenters. The third-order valence-corrected chi connectivity index (χ3v) is 5.93. The number of para-hydroxylation sites is 1. The summed E-state index contributed by atoms with van der Waals surface area (Å²) in [6, 6.07) is 15.3. The molecule has 3 aromatic rings. The number of aromatic nitrogens is 3. The molecule has 1 atom stereocenters. The Labute approximate surface area is 199 Å². The molecule has 0 aliphatic heterocycles. The number of hydrogen-bond acceptors (Lipinski definition) is 6. The van der Waals surface area contributed by atoms with Crippen LogP contribution >= 0.6 is 11.8 Å². The summed E-state index contributed by atoms with van der Waals surface area (Å²) in [6.07, 6.45) is 1.42. The van der Waals surface area contributed by atoms with Gasteiger partial charge in [0.25, 0.3) is 0 Å². The zero-order valence-corrected chi connectivity index (χ0v) is 20.3. The molecule has 0 spiro atoms. The highest BCUT2D eigenvalue weighted by atomic mass is 32.2. The van der Waals surface area contributed by atoms with Crippen molar-refractivity contribution >= 4 is 23.4 Å². The Hall–Kier alpha value is -3.26. The predicted molar refractivity (Wildman–Crippen MR) is 132 cm³/mol. The van der Waals surface area contributed by atoms with Crippen molar-refractivity contribution in [1.29, 1.82) is 0 Å². The largest absolute Gasteiger partial charge is 0.497 e. The van der Waals surface area contributed by atoms with Gasteiger partial charge in [-0.2, -0.15) is 0 Å². The number of ether oxygens (including phenoxy) is 2. The summed E-state index contributed by atoms with van der Waals surface area (Å²) in [5.74, 6) is 2.49. The first-order valence-electron chi connectivity index (χ1n) is 10.8. The van der Waals surface area contributed by atoms with Crippen LogP contribution in [0, 0.1) is 0 Å². The van der Waals surface area contributed by atoms with E-state index in [4.69, 9.17) is 9.47 Å². The van der Waals surface area contributed by atoms with E-state index in [1.54, 1.807) is 13.2 Å². The van der Waals surface area contributed by atoms with Crippen LogP contribution in [0.4, 0.5) is 5.69 Å². The Balaban J connectivity index is 1.69. The number of thioether (sulfide) groups is 1. The number of benzene rings is 2. The summed E-state index contributed by atoms with van der Waals surface area (Å²) in [5, 5.41) is 12.3. The Kier molecular flexibility index (Phi) is 8.54. The number of rotatable bonds is 11.